The standard InChI is InChI=1S/C26H35N3O2/c1-2-18-8-11-20(12-9-18)29(21-13-14-21)25(30)19-10-15-22-23(17-19)27-24-7-5-3-4-6-16-28(24)26(22)31/h10,15,17-18,20-21H,2-9,11-14,16H2,1H3. The molecule has 5 rings (SSSR count). The van der Waals surface area contributed by atoms with Crippen LogP contribution in [0.5, 0.6) is 0 Å². The zero-order valence-corrected chi connectivity index (χ0v) is 18.8. The second kappa shape index (κ2) is 8.76. The van der Waals surface area contributed by atoms with Crippen LogP contribution in [0.4, 0.5) is 0 Å². The summed E-state index contributed by atoms with van der Waals surface area (Å²) in [6.07, 6.45) is 13.6. The zero-order valence-electron chi connectivity index (χ0n) is 18.8. The molecule has 0 N–H and O–H groups in total. The fraction of sp³-hybridized carbons (Fsp3) is 0.654. The summed E-state index contributed by atoms with van der Waals surface area (Å²) in [5.41, 5.74) is 1.44. The molecule has 0 radical (unpaired) electrons. The van der Waals surface area contributed by atoms with Crippen molar-refractivity contribution in [3.63, 3.8) is 0 Å². The lowest BCUT2D eigenvalue weighted by atomic mass is 9.83. The highest BCUT2D eigenvalue weighted by Gasteiger charge is 2.39. The molecular weight excluding hydrogens is 386 g/mol. The van der Waals surface area contributed by atoms with Gasteiger partial charge in [0.05, 0.1) is 10.9 Å². The number of rotatable bonds is 4. The van der Waals surface area contributed by atoms with E-state index >= 15 is 0 Å². The molecular formula is C26H35N3O2. The van der Waals surface area contributed by atoms with Gasteiger partial charge in [0.15, 0.2) is 0 Å². The van der Waals surface area contributed by atoms with Crippen molar-refractivity contribution < 1.29 is 4.79 Å². The van der Waals surface area contributed by atoms with Gasteiger partial charge in [-0.2, -0.15) is 0 Å². The fourth-order valence-corrected chi connectivity index (χ4v) is 5.69. The maximum atomic E-state index is 13.6. The van der Waals surface area contributed by atoms with Crippen molar-refractivity contribution in [2.24, 2.45) is 5.92 Å². The molecule has 2 saturated carbocycles. The Morgan fingerprint density at radius 3 is 2.45 bits per heavy atom. The van der Waals surface area contributed by atoms with Crippen molar-refractivity contribution >= 4 is 16.8 Å². The van der Waals surface area contributed by atoms with Crippen LogP contribution >= 0.6 is 0 Å². The van der Waals surface area contributed by atoms with E-state index in [9.17, 15) is 9.59 Å². The maximum absolute atomic E-state index is 13.6. The summed E-state index contributed by atoms with van der Waals surface area (Å²) >= 11 is 0. The van der Waals surface area contributed by atoms with E-state index < -0.39 is 0 Å². The lowest BCUT2D eigenvalue weighted by molar-refractivity contribution is 0.0587. The second-order valence-electron chi connectivity index (χ2n) is 9.91. The SMILES string of the molecule is CCC1CCC(N(C(=O)c2ccc3c(=O)n4c(nc3c2)CCCCCC4)C2CC2)CC1. The number of aromatic nitrogens is 2. The molecule has 166 valence electrons. The van der Waals surface area contributed by atoms with Crippen molar-refractivity contribution in [3.05, 3.63) is 39.9 Å². The molecule has 1 aliphatic heterocycles. The Labute approximate surface area is 184 Å². The molecule has 0 unspecified atom stereocenters. The lowest BCUT2D eigenvalue weighted by Crippen LogP contribution is -2.44. The minimum Gasteiger partial charge on any atom is -0.333 e. The summed E-state index contributed by atoms with van der Waals surface area (Å²) in [7, 11) is 0. The van der Waals surface area contributed by atoms with Gasteiger partial charge in [-0.25, -0.2) is 4.98 Å². The number of hydrogen-bond donors (Lipinski definition) is 0. The molecule has 0 spiro atoms. The first-order valence-corrected chi connectivity index (χ1v) is 12.5. The first kappa shape index (κ1) is 20.7. The highest BCUT2D eigenvalue weighted by atomic mass is 16.2. The van der Waals surface area contributed by atoms with Crippen LogP contribution in [-0.4, -0.2) is 32.4 Å². The number of amides is 1. The number of benzene rings is 1. The van der Waals surface area contributed by atoms with Crippen LogP contribution in [0, 0.1) is 5.92 Å². The van der Waals surface area contributed by atoms with Crippen LogP contribution in [0.2, 0.25) is 0 Å². The maximum Gasteiger partial charge on any atom is 0.261 e. The monoisotopic (exact) mass is 421 g/mol. The van der Waals surface area contributed by atoms with E-state index in [0.717, 1.165) is 63.2 Å². The minimum atomic E-state index is 0.0536. The molecule has 1 amide bonds. The molecule has 0 saturated heterocycles. The topological polar surface area (TPSA) is 55.2 Å². The molecule has 5 nitrogen and oxygen atoms in total. The Hall–Kier alpha value is -2.17. The average Bonchev–Trinajstić information content (AvgIpc) is 3.60. The molecule has 1 aromatic heterocycles. The molecule has 2 aliphatic carbocycles. The molecule has 31 heavy (non-hydrogen) atoms. The molecule has 0 bridgehead atoms. The highest BCUT2D eigenvalue weighted by Crippen LogP contribution is 2.37. The van der Waals surface area contributed by atoms with Gasteiger partial charge in [0.25, 0.3) is 11.5 Å². The number of carbonyl (C=O) groups is 1. The van der Waals surface area contributed by atoms with Crippen molar-refractivity contribution in [1.82, 2.24) is 14.5 Å². The Morgan fingerprint density at radius 1 is 1.03 bits per heavy atom. The van der Waals surface area contributed by atoms with Crippen molar-refractivity contribution in [2.45, 2.75) is 103 Å². The first-order chi connectivity index (χ1) is 15.2. The Kier molecular flexibility index (Phi) is 5.85. The summed E-state index contributed by atoms with van der Waals surface area (Å²) < 4.78 is 1.87. The van der Waals surface area contributed by atoms with Crippen molar-refractivity contribution in [3.8, 4) is 0 Å². The van der Waals surface area contributed by atoms with Gasteiger partial charge in [-0.15, -0.1) is 0 Å². The Morgan fingerprint density at radius 2 is 1.74 bits per heavy atom. The quantitative estimate of drug-likeness (QED) is 0.691. The highest BCUT2D eigenvalue weighted by molar-refractivity contribution is 5.98. The van der Waals surface area contributed by atoms with E-state index in [4.69, 9.17) is 4.98 Å². The van der Waals surface area contributed by atoms with E-state index in [1.54, 1.807) is 0 Å². The second-order valence-corrected chi connectivity index (χ2v) is 9.91. The molecule has 2 fully saturated rings. The average molecular weight is 422 g/mol. The summed E-state index contributed by atoms with van der Waals surface area (Å²) in [5, 5.41) is 0.641. The molecule has 1 aromatic carbocycles. The number of carbonyl (C=O) groups excluding carboxylic acids is 1. The van der Waals surface area contributed by atoms with E-state index in [0.29, 0.717) is 28.6 Å². The van der Waals surface area contributed by atoms with Gasteiger partial charge < -0.3 is 4.90 Å². The lowest BCUT2D eigenvalue weighted by Gasteiger charge is -2.37. The van der Waals surface area contributed by atoms with Gasteiger partial charge in [-0.05, 0) is 75.5 Å². The first-order valence-electron chi connectivity index (χ1n) is 12.5. The van der Waals surface area contributed by atoms with Gasteiger partial charge in [-0.3, -0.25) is 14.2 Å². The van der Waals surface area contributed by atoms with Crippen LogP contribution in [0.25, 0.3) is 10.9 Å². The molecule has 5 heteroatoms. The minimum absolute atomic E-state index is 0.0536. The van der Waals surface area contributed by atoms with Crippen molar-refractivity contribution in [2.75, 3.05) is 0 Å². The van der Waals surface area contributed by atoms with Gasteiger partial charge in [0.2, 0.25) is 0 Å². The van der Waals surface area contributed by atoms with Crippen LogP contribution in [0.3, 0.4) is 0 Å². The van der Waals surface area contributed by atoms with E-state index in [2.05, 4.69) is 11.8 Å². The predicted octanol–water partition coefficient (Wildman–Crippen LogP) is 5.09. The smallest absolute Gasteiger partial charge is 0.261 e. The van der Waals surface area contributed by atoms with E-state index in [-0.39, 0.29) is 11.5 Å². The molecule has 0 atom stereocenters. The van der Waals surface area contributed by atoms with Crippen LogP contribution in [0.1, 0.15) is 93.7 Å². The number of hydrogen-bond acceptors (Lipinski definition) is 3. The van der Waals surface area contributed by atoms with Gasteiger partial charge in [-0.1, -0.05) is 26.2 Å². The van der Waals surface area contributed by atoms with Crippen LogP contribution in [0.15, 0.2) is 23.0 Å². The van der Waals surface area contributed by atoms with Gasteiger partial charge in [0.1, 0.15) is 5.82 Å². The van der Waals surface area contributed by atoms with Crippen LogP contribution in [-0.2, 0) is 13.0 Å². The summed E-state index contributed by atoms with van der Waals surface area (Å²) in [6, 6.07) is 6.35. The third-order valence-electron chi connectivity index (χ3n) is 7.78. The summed E-state index contributed by atoms with van der Waals surface area (Å²) in [4.78, 5) is 33.8. The molecule has 2 aromatic rings. The summed E-state index contributed by atoms with van der Waals surface area (Å²) in [6.45, 7) is 3.04. The fourth-order valence-electron chi connectivity index (χ4n) is 5.69. The Balaban J connectivity index is 1.45. The van der Waals surface area contributed by atoms with E-state index in [1.165, 1.54) is 32.1 Å². The zero-order chi connectivity index (χ0) is 21.4. The molecule has 2 heterocycles. The molecule has 3 aliphatic rings. The predicted molar refractivity (Wildman–Crippen MR) is 123 cm³/mol. The van der Waals surface area contributed by atoms with Crippen molar-refractivity contribution in [1.29, 1.82) is 0 Å². The van der Waals surface area contributed by atoms with E-state index in [1.807, 2.05) is 22.8 Å². The Bertz CT molecular complexity index is 1020. The number of nitrogens with zero attached hydrogens (tertiary/aromatic N) is 3. The number of aryl methyl sites for hydroxylation is 1. The normalized spacial score (nSPS) is 24.3. The largest absolute Gasteiger partial charge is 0.333 e. The van der Waals surface area contributed by atoms with Crippen LogP contribution < -0.4 is 5.56 Å². The summed E-state index contributed by atoms with van der Waals surface area (Å²) in [5.74, 6) is 1.85. The third-order valence-corrected chi connectivity index (χ3v) is 7.78. The van der Waals surface area contributed by atoms with Gasteiger partial charge in [0, 0.05) is 30.6 Å². The van der Waals surface area contributed by atoms with Gasteiger partial charge >= 0.3 is 0 Å². The third kappa shape index (κ3) is 4.16. The number of fused-ring (bicyclic) bond motifs is 2.